The number of nitrogens with one attached hydrogen (secondary N) is 1. The van der Waals surface area contributed by atoms with E-state index in [2.05, 4.69) is 11.4 Å². The van der Waals surface area contributed by atoms with E-state index in [9.17, 15) is 4.79 Å². The van der Waals surface area contributed by atoms with E-state index in [0.29, 0.717) is 5.92 Å². The number of hydrogen-bond donors (Lipinski definition) is 1. The molecule has 58 valence electrons. The monoisotopic (exact) mass is 151 g/mol. The summed E-state index contributed by atoms with van der Waals surface area (Å²) in [6.45, 7) is 0.801. The summed E-state index contributed by atoms with van der Waals surface area (Å²) in [6.07, 6.45) is 4.37. The molecule has 3 aliphatic rings. The van der Waals surface area contributed by atoms with Crippen LogP contribution in [0.2, 0.25) is 0 Å². The molecule has 3 rings (SSSR count). The second-order valence-corrected chi connectivity index (χ2v) is 3.39. The molecule has 1 amide bonds. The van der Waals surface area contributed by atoms with Crippen molar-refractivity contribution in [1.82, 2.24) is 5.32 Å². The van der Waals surface area contributed by atoms with E-state index in [-0.39, 0.29) is 24.0 Å². The van der Waals surface area contributed by atoms with Crippen LogP contribution in [0.15, 0.2) is 12.2 Å². The van der Waals surface area contributed by atoms with Gasteiger partial charge in [0.2, 0.25) is 5.91 Å². The molecule has 0 spiro atoms. The summed E-state index contributed by atoms with van der Waals surface area (Å²) >= 11 is 0. The van der Waals surface area contributed by atoms with Gasteiger partial charge in [0.1, 0.15) is 0 Å². The van der Waals surface area contributed by atoms with Gasteiger partial charge in [-0.05, 0) is 0 Å². The summed E-state index contributed by atoms with van der Waals surface area (Å²) in [6, 6.07) is 0. The summed E-state index contributed by atoms with van der Waals surface area (Å²) in [7, 11) is 0. The number of fused-ring (bicyclic) bond motifs is 5. The van der Waals surface area contributed by atoms with E-state index < -0.39 is 0 Å². The fourth-order valence-corrected chi connectivity index (χ4v) is 2.31. The van der Waals surface area contributed by atoms with Crippen LogP contribution in [0.5, 0.6) is 0 Å². The van der Waals surface area contributed by atoms with Crippen LogP contribution in [0.25, 0.3) is 0 Å². The average Bonchev–Trinajstić information content (AvgIpc) is 2.60. The highest BCUT2D eigenvalue weighted by Crippen LogP contribution is 2.41. The first-order chi connectivity index (χ1) is 5.36. The van der Waals surface area contributed by atoms with Gasteiger partial charge in [-0.15, -0.1) is 0 Å². The van der Waals surface area contributed by atoms with E-state index >= 15 is 0 Å². The summed E-state index contributed by atoms with van der Waals surface area (Å²) in [4.78, 5) is 11.2. The predicted octanol–water partition coefficient (Wildman–Crippen LogP) is -0.314. The molecule has 3 aliphatic heterocycles. The van der Waals surface area contributed by atoms with Crippen LogP contribution in [0.1, 0.15) is 0 Å². The molecule has 0 saturated carbocycles. The fraction of sp³-hybridized carbons (Fsp3) is 0.625. The second kappa shape index (κ2) is 1.67. The Labute approximate surface area is 64.4 Å². The topological polar surface area (TPSA) is 38.3 Å². The van der Waals surface area contributed by atoms with Crippen molar-refractivity contribution < 1.29 is 9.53 Å². The molecule has 4 unspecified atom stereocenters. The van der Waals surface area contributed by atoms with Crippen LogP contribution >= 0.6 is 0 Å². The Balaban J connectivity index is 2.03. The fourth-order valence-electron chi connectivity index (χ4n) is 2.31. The minimum atomic E-state index is 0.0764. The van der Waals surface area contributed by atoms with E-state index in [4.69, 9.17) is 4.74 Å². The van der Waals surface area contributed by atoms with Gasteiger partial charge in [0.15, 0.2) is 0 Å². The van der Waals surface area contributed by atoms with Crippen molar-refractivity contribution in [3.05, 3.63) is 12.2 Å². The van der Waals surface area contributed by atoms with Crippen molar-refractivity contribution in [3.8, 4) is 0 Å². The quantitative estimate of drug-likeness (QED) is 0.482. The zero-order chi connectivity index (χ0) is 7.42. The predicted molar refractivity (Wildman–Crippen MR) is 37.8 cm³/mol. The molecular weight excluding hydrogens is 142 g/mol. The molecule has 4 atom stereocenters. The Hall–Kier alpha value is -0.830. The molecule has 0 aromatic carbocycles. The summed E-state index contributed by atoms with van der Waals surface area (Å²) in [5.74, 6) is 0.703. The minimum absolute atomic E-state index is 0.0764. The van der Waals surface area contributed by atoms with Gasteiger partial charge in [0.05, 0.1) is 18.1 Å². The lowest BCUT2D eigenvalue weighted by Crippen LogP contribution is -2.26. The van der Waals surface area contributed by atoms with Crippen LogP contribution in [0, 0.1) is 11.8 Å². The van der Waals surface area contributed by atoms with Crippen molar-refractivity contribution in [1.29, 1.82) is 0 Å². The highest BCUT2D eigenvalue weighted by atomic mass is 16.5. The molecular formula is C8H9NO2. The molecule has 2 fully saturated rings. The maximum Gasteiger partial charge on any atom is 0.226 e. The molecule has 0 radical (unpaired) electrons. The Morgan fingerprint density at radius 1 is 1.45 bits per heavy atom. The van der Waals surface area contributed by atoms with Crippen LogP contribution < -0.4 is 5.32 Å². The highest BCUT2D eigenvalue weighted by molar-refractivity contribution is 5.83. The standard InChI is InChI=1S/C8H9NO2/c10-8-7-4(3-9-8)5-1-2-6(7)11-5/h1-2,4-7H,3H2,(H,9,10). The van der Waals surface area contributed by atoms with Gasteiger partial charge in [-0.3, -0.25) is 4.79 Å². The first-order valence-corrected chi connectivity index (χ1v) is 3.98. The SMILES string of the molecule is O=C1NCC2C3C=CC(O3)C12. The van der Waals surface area contributed by atoms with E-state index in [1.807, 2.05) is 6.08 Å². The molecule has 1 N–H and O–H groups in total. The van der Waals surface area contributed by atoms with Gasteiger partial charge in [-0.25, -0.2) is 0 Å². The Morgan fingerprint density at radius 3 is 3.09 bits per heavy atom. The number of hydrogen-bond acceptors (Lipinski definition) is 2. The van der Waals surface area contributed by atoms with Crippen LogP contribution in [-0.4, -0.2) is 24.7 Å². The van der Waals surface area contributed by atoms with E-state index in [1.54, 1.807) is 0 Å². The van der Waals surface area contributed by atoms with Gasteiger partial charge in [0, 0.05) is 12.5 Å². The molecule has 0 aromatic heterocycles. The van der Waals surface area contributed by atoms with Gasteiger partial charge < -0.3 is 10.1 Å². The third kappa shape index (κ3) is 0.554. The molecule has 3 nitrogen and oxygen atoms in total. The first kappa shape index (κ1) is 5.77. The summed E-state index contributed by atoms with van der Waals surface area (Å²) in [5.41, 5.74) is 0. The largest absolute Gasteiger partial charge is 0.366 e. The van der Waals surface area contributed by atoms with Crippen molar-refractivity contribution in [2.75, 3.05) is 6.54 Å². The maximum atomic E-state index is 11.2. The first-order valence-electron chi connectivity index (χ1n) is 3.98. The smallest absolute Gasteiger partial charge is 0.226 e. The lowest BCUT2D eigenvalue weighted by Gasteiger charge is -2.11. The minimum Gasteiger partial charge on any atom is -0.366 e. The number of rotatable bonds is 0. The summed E-state index contributed by atoms with van der Waals surface area (Å²) < 4.78 is 5.54. The van der Waals surface area contributed by atoms with Crippen LogP contribution in [-0.2, 0) is 9.53 Å². The number of carbonyl (C=O) groups excluding carboxylic acids is 1. The van der Waals surface area contributed by atoms with Gasteiger partial charge >= 0.3 is 0 Å². The molecule has 2 saturated heterocycles. The normalized spacial score (nSPS) is 51.5. The van der Waals surface area contributed by atoms with Crippen molar-refractivity contribution in [2.45, 2.75) is 12.2 Å². The molecule has 0 aromatic rings. The molecule has 0 aliphatic carbocycles. The number of amides is 1. The Morgan fingerprint density at radius 2 is 2.27 bits per heavy atom. The zero-order valence-electron chi connectivity index (χ0n) is 5.99. The van der Waals surface area contributed by atoms with E-state index in [0.717, 1.165) is 6.54 Å². The van der Waals surface area contributed by atoms with Crippen molar-refractivity contribution in [2.24, 2.45) is 11.8 Å². The summed E-state index contributed by atoms with van der Waals surface area (Å²) in [5, 5.41) is 2.86. The van der Waals surface area contributed by atoms with Crippen molar-refractivity contribution >= 4 is 5.91 Å². The molecule has 3 heterocycles. The second-order valence-electron chi connectivity index (χ2n) is 3.39. The Bertz CT molecular complexity index is 248. The van der Waals surface area contributed by atoms with Gasteiger partial charge in [0.25, 0.3) is 0 Å². The Kier molecular flexibility index (Phi) is 0.874. The zero-order valence-corrected chi connectivity index (χ0v) is 5.99. The molecule has 2 bridgehead atoms. The highest BCUT2D eigenvalue weighted by Gasteiger charge is 2.52. The number of carbonyl (C=O) groups is 1. The number of ether oxygens (including phenoxy) is 1. The molecule has 3 heteroatoms. The third-order valence-electron chi connectivity index (χ3n) is 2.86. The third-order valence-corrected chi connectivity index (χ3v) is 2.86. The van der Waals surface area contributed by atoms with Crippen LogP contribution in [0.3, 0.4) is 0 Å². The average molecular weight is 151 g/mol. The van der Waals surface area contributed by atoms with Gasteiger partial charge in [-0.2, -0.15) is 0 Å². The van der Waals surface area contributed by atoms with Crippen LogP contribution in [0.4, 0.5) is 0 Å². The lowest BCUT2D eigenvalue weighted by atomic mass is 9.86. The van der Waals surface area contributed by atoms with E-state index in [1.165, 1.54) is 0 Å². The maximum absolute atomic E-state index is 11.2. The molecule has 11 heavy (non-hydrogen) atoms. The van der Waals surface area contributed by atoms with Gasteiger partial charge in [-0.1, -0.05) is 12.2 Å². The van der Waals surface area contributed by atoms with Crippen molar-refractivity contribution in [3.63, 3.8) is 0 Å². The lowest BCUT2D eigenvalue weighted by molar-refractivity contribution is -0.123.